The zero-order valence-electron chi connectivity index (χ0n) is 29.7. The molecule has 0 unspecified atom stereocenters. The van der Waals surface area contributed by atoms with Gasteiger partial charge in [0.05, 0.1) is 12.9 Å². The van der Waals surface area contributed by atoms with E-state index in [-0.39, 0.29) is 33.4 Å². The molecular weight excluding hydrogens is 605 g/mol. The van der Waals surface area contributed by atoms with Gasteiger partial charge in [-0.25, -0.2) is 19.9 Å². The van der Waals surface area contributed by atoms with Crippen molar-refractivity contribution < 1.29 is 18.0 Å². The second-order valence-corrected chi connectivity index (χ2v) is 31.1. The molecule has 0 bridgehead atoms. The van der Waals surface area contributed by atoms with Crippen LogP contribution in [0, 0.1) is 0 Å². The predicted octanol–water partition coefficient (Wildman–Crippen LogP) is 7.71. The number of fused-ring (bicyclic) bond motifs is 1. The standard InChI is InChI=1S/C31H56N6O4Si3/c1-29(2,3)42(10,11)38-18-22-24(40-43(12,13)30(4,5)6)25(41-44(14,15)31(7,8)9)28(39-22)37-21-35-23-26(33-19-34-27(23)37)36-17-16-32-20-36/h16-17,19-22,24-25,28H,18H2,1-15H3/t22-,24-,25-,28-/m1/s1. The lowest BCUT2D eigenvalue weighted by atomic mass is 10.1. The van der Waals surface area contributed by atoms with Crippen LogP contribution in [0.3, 0.4) is 0 Å². The molecule has 1 aliphatic heterocycles. The summed E-state index contributed by atoms with van der Waals surface area (Å²) >= 11 is 0. The second kappa shape index (κ2) is 11.8. The first-order chi connectivity index (χ1) is 20.0. The van der Waals surface area contributed by atoms with Crippen LogP contribution in [-0.2, 0) is 18.0 Å². The molecule has 0 aliphatic carbocycles. The fraction of sp³-hybridized carbons (Fsp3) is 0.742. The summed E-state index contributed by atoms with van der Waals surface area (Å²) in [6, 6.07) is 0. The predicted molar refractivity (Wildman–Crippen MR) is 184 cm³/mol. The first-order valence-electron chi connectivity index (χ1n) is 15.8. The monoisotopic (exact) mass is 660 g/mol. The van der Waals surface area contributed by atoms with Gasteiger partial charge in [0.2, 0.25) is 0 Å². The zero-order valence-corrected chi connectivity index (χ0v) is 32.7. The first kappa shape index (κ1) is 35.1. The molecule has 1 aliphatic rings. The van der Waals surface area contributed by atoms with Gasteiger partial charge >= 0.3 is 0 Å². The third kappa shape index (κ3) is 6.83. The minimum atomic E-state index is -2.28. The molecule has 0 saturated carbocycles. The summed E-state index contributed by atoms with van der Waals surface area (Å²) in [6.07, 6.45) is 7.11. The number of nitrogens with zero attached hydrogens (tertiary/aromatic N) is 6. The van der Waals surface area contributed by atoms with Crippen LogP contribution in [0.2, 0.25) is 54.4 Å². The van der Waals surface area contributed by atoms with Gasteiger partial charge < -0.3 is 18.0 Å². The van der Waals surface area contributed by atoms with E-state index in [9.17, 15) is 0 Å². The molecule has 0 amide bonds. The number of rotatable bonds is 9. The van der Waals surface area contributed by atoms with Crippen molar-refractivity contribution in [1.82, 2.24) is 29.1 Å². The third-order valence-electron chi connectivity index (χ3n) is 10.5. The van der Waals surface area contributed by atoms with Crippen molar-refractivity contribution in [2.24, 2.45) is 0 Å². The van der Waals surface area contributed by atoms with Crippen molar-refractivity contribution in [2.75, 3.05) is 6.61 Å². The van der Waals surface area contributed by atoms with Gasteiger partial charge in [0.25, 0.3) is 0 Å². The van der Waals surface area contributed by atoms with E-state index in [1.54, 1.807) is 25.2 Å². The van der Waals surface area contributed by atoms with E-state index in [0.717, 1.165) is 0 Å². The van der Waals surface area contributed by atoms with Crippen LogP contribution in [-0.4, -0.2) is 78.9 Å². The highest BCUT2D eigenvalue weighted by Gasteiger charge is 2.55. The Labute approximate surface area is 267 Å². The van der Waals surface area contributed by atoms with E-state index in [1.165, 1.54) is 0 Å². The van der Waals surface area contributed by atoms with Crippen molar-refractivity contribution in [3.63, 3.8) is 0 Å². The second-order valence-electron chi connectivity index (χ2n) is 16.8. The molecule has 4 heterocycles. The average molecular weight is 661 g/mol. The molecule has 246 valence electrons. The smallest absolute Gasteiger partial charge is 0.192 e. The number of ether oxygens (including phenoxy) is 1. The Kier molecular flexibility index (Phi) is 9.42. The summed E-state index contributed by atoms with van der Waals surface area (Å²) in [7, 11) is -6.60. The van der Waals surface area contributed by atoms with E-state index in [2.05, 4.69) is 112 Å². The Morgan fingerprint density at radius 3 is 1.84 bits per heavy atom. The normalized spacial score (nSPS) is 22.7. The molecule has 13 heteroatoms. The molecule has 44 heavy (non-hydrogen) atoms. The highest BCUT2D eigenvalue weighted by Crippen LogP contribution is 2.47. The Balaban J connectivity index is 1.85. The highest BCUT2D eigenvalue weighted by atomic mass is 28.4. The third-order valence-corrected chi connectivity index (χ3v) is 24.0. The van der Waals surface area contributed by atoms with Crippen molar-refractivity contribution in [1.29, 1.82) is 0 Å². The molecule has 0 radical (unpaired) electrons. The fourth-order valence-electron chi connectivity index (χ4n) is 4.47. The summed E-state index contributed by atoms with van der Waals surface area (Å²) < 4.78 is 32.3. The molecular formula is C31H56N6O4Si3. The van der Waals surface area contributed by atoms with E-state index in [1.807, 2.05) is 15.3 Å². The molecule has 1 fully saturated rings. The zero-order chi connectivity index (χ0) is 33.1. The summed E-state index contributed by atoms with van der Waals surface area (Å²) in [5.41, 5.74) is 1.34. The van der Waals surface area contributed by atoms with Gasteiger partial charge in [-0.2, -0.15) is 0 Å². The summed E-state index contributed by atoms with van der Waals surface area (Å²) in [4.78, 5) is 18.2. The topological polar surface area (TPSA) is 98.3 Å². The van der Waals surface area contributed by atoms with Gasteiger partial charge in [0.1, 0.15) is 31.0 Å². The van der Waals surface area contributed by atoms with Crippen LogP contribution >= 0.6 is 0 Å². The molecule has 4 rings (SSSR count). The van der Waals surface area contributed by atoms with Crippen molar-refractivity contribution in [3.8, 4) is 5.82 Å². The van der Waals surface area contributed by atoms with Crippen LogP contribution in [0.15, 0.2) is 31.4 Å². The summed E-state index contributed by atoms with van der Waals surface area (Å²) in [5.74, 6) is 0.665. The first-order valence-corrected chi connectivity index (χ1v) is 24.5. The van der Waals surface area contributed by atoms with E-state index >= 15 is 0 Å². The molecule has 0 aromatic carbocycles. The SMILES string of the molecule is CC(C)(C)[Si](C)(C)OC[C@H]1O[C@@H](n2cnc3c(-n4ccnc4)ncnc32)[C@H](O[Si](C)(C)C(C)(C)C)[C@@H]1O[Si](C)(C)C(C)(C)C. The van der Waals surface area contributed by atoms with Crippen LogP contribution in [0.4, 0.5) is 0 Å². The Hall–Kier alpha value is -1.75. The lowest BCUT2D eigenvalue weighted by Crippen LogP contribution is -2.54. The maximum absolute atomic E-state index is 7.31. The lowest BCUT2D eigenvalue weighted by molar-refractivity contribution is -0.0470. The molecule has 3 aromatic heterocycles. The molecule has 4 atom stereocenters. The number of hydrogen-bond acceptors (Lipinski definition) is 8. The quantitative estimate of drug-likeness (QED) is 0.215. The van der Waals surface area contributed by atoms with E-state index in [4.69, 9.17) is 28.0 Å². The molecule has 0 spiro atoms. The molecule has 3 aromatic rings. The summed E-state index contributed by atoms with van der Waals surface area (Å²) in [5, 5.41) is 0.0632. The molecule has 1 saturated heterocycles. The van der Waals surface area contributed by atoms with Gasteiger partial charge in [-0.05, 0) is 54.4 Å². The van der Waals surface area contributed by atoms with Gasteiger partial charge in [0.15, 0.2) is 48.2 Å². The lowest BCUT2D eigenvalue weighted by Gasteiger charge is -2.44. The van der Waals surface area contributed by atoms with Gasteiger partial charge in [-0.3, -0.25) is 9.13 Å². The van der Waals surface area contributed by atoms with Crippen molar-refractivity contribution in [3.05, 3.63) is 31.4 Å². The van der Waals surface area contributed by atoms with E-state index < -0.39 is 31.2 Å². The maximum atomic E-state index is 7.31. The number of aromatic nitrogens is 6. The maximum Gasteiger partial charge on any atom is 0.192 e. The summed E-state index contributed by atoms with van der Waals surface area (Å²) in [6.45, 7) is 34.6. The van der Waals surface area contributed by atoms with Gasteiger partial charge in [-0.15, -0.1) is 0 Å². The molecule has 0 N–H and O–H groups in total. The highest BCUT2D eigenvalue weighted by molar-refractivity contribution is 6.75. The van der Waals surface area contributed by atoms with Gasteiger partial charge in [0, 0.05) is 12.4 Å². The van der Waals surface area contributed by atoms with Crippen LogP contribution in [0.5, 0.6) is 0 Å². The van der Waals surface area contributed by atoms with Gasteiger partial charge in [-0.1, -0.05) is 62.3 Å². The van der Waals surface area contributed by atoms with E-state index in [0.29, 0.717) is 23.6 Å². The minimum absolute atomic E-state index is 0.00603. The molecule has 10 nitrogen and oxygen atoms in total. The number of hydrogen-bond donors (Lipinski definition) is 0. The largest absolute Gasteiger partial charge is 0.414 e. The minimum Gasteiger partial charge on any atom is -0.414 e. The number of imidazole rings is 2. The van der Waals surface area contributed by atoms with Crippen LogP contribution < -0.4 is 0 Å². The van der Waals surface area contributed by atoms with Crippen LogP contribution in [0.1, 0.15) is 68.5 Å². The van der Waals surface area contributed by atoms with Crippen molar-refractivity contribution >= 4 is 36.1 Å². The fourth-order valence-corrected chi connectivity index (χ4v) is 8.09. The Morgan fingerprint density at radius 2 is 1.32 bits per heavy atom. The Bertz CT molecular complexity index is 1420. The average Bonchev–Trinajstić information content (AvgIpc) is 3.60. The van der Waals surface area contributed by atoms with Crippen molar-refractivity contribution in [2.45, 2.75) is 141 Å². The Morgan fingerprint density at radius 1 is 0.750 bits per heavy atom. The van der Waals surface area contributed by atoms with Crippen LogP contribution in [0.25, 0.3) is 17.0 Å².